The molecule has 1 aliphatic carbocycles. The Labute approximate surface area is 194 Å². The van der Waals surface area contributed by atoms with E-state index in [-0.39, 0.29) is 17.0 Å². The fourth-order valence-corrected chi connectivity index (χ4v) is 5.46. The van der Waals surface area contributed by atoms with E-state index in [2.05, 4.69) is 24.3 Å². The van der Waals surface area contributed by atoms with Gasteiger partial charge in [0.05, 0.1) is 6.10 Å². The lowest BCUT2D eigenvalue weighted by Crippen LogP contribution is -2.41. The van der Waals surface area contributed by atoms with Crippen molar-refractivity contribution in [3.8, 4) is 0 Å². The molecule has 0 heterocycles. The van der Waals surface area contributed by atoms with Crippen LogP contribution in [0.25, 0.3) is 0 Å². The largest absolute Gasteiger partial charge is 0.378 e. The van der Waals surface area contributed by atoms with Crippen LogP contribution in [0, 0.1) is 5.82 Å². The normalized spacial score (nSPS) is 19.0. The number of likely N-dealkylation sites (N-methyl/N-ethyl adjacent to an activating group) is 1. The van der Waals surface area contributed by atoms with Crippen LogP contribution in [0.5, 0.6) is 0 Å². The Kier molecular flexibility index (Phi) is 13.9. The molecule has 8 heteroatoms. The van der Waals surface area contributed by atoms with Crippen molar-refractivity contribution in [1.29, 1.82) is 0 Å². The number of halogens is 1. The molecular weight excluding hydrogens is 429 g/mol. The first-order chi connectivity index (χ1) is 15.4. The maximum absolute atomic E-state index is 14.0. The highest BCUT2D eigenvalue weighted by Gasteiger charge is 2.33. The van der Waals surface area contributed by atoms with Crippen molar-refractivity contribution in [3.63, 3.8) is 0 Å². The highest BCUT2D eigenvalue weighted by Crippen LogP contribution is 2.29. The van der Waals surface area contributed by atoms with E-state index in [1.165, 1.54) is 48.8 Å². The molecule has 0 amide bonds. The molecule has 184 valence electrons. The zero-order valence-electron chi connectivity index (χ0n) is 20.0. The van der Waals surface area contributed by atoms with Crippen molar-refractivity contribution < 1.29 is 17.5 Å². The molecular formula is C24H42FN3O3S. The van der Waals surface area contributed by atoms with E-state index in [1.807, 2.05) is 6.08 Å². The maximum atomic E-state index is 14.0. The van der Waals surface area contributed by atoms with Crippen LogP contribution in [0.15, 0.2) is 41.8 Å². The smallest absolute Gasteiger partial charge is 0.245 e. The summed E-state index contributed by atoms with van der Waals surface area (Å²) in [5.41, 5.74) is 4.50. The first-order valence-corrected chi connectivity index (χ1v) is 13.0. The Hall–Kier alpha value is -1.32. The molecule has 2 rings (SSSR count). The third-order valence-corrected chi connectivity index (χ3v) is 7.82. The number of nitrogens with two attached hydrogens (primary N) is 1. The highest BCUT2D eigenvalue weighted by atomic mass is 32.2. The van der Waals surface area contributed by atoms with Gasteiger partial charge < -0.3 is 15.4 Å². The molecule has 0 aromatic heterocycles. The zero-order chi connectivity index (χ0) is 24.0. The lowest BCUT2D eigenvalue weighted by molar-refractivity contribution is 0.0156. The van der Waals surface area contributed by atoms with Gasteiger partial charge in [-0.3, -0.25) is 0 Å². The van der Waals surface area contributed by atoms with Crippen LogP contribution < -0.4 is 5.73 Å². The molecule has 0 spiro atoms. The fraction of sp³-hybridized carbons (Fsp3) is 0.667. The SMILES string of the molecule is C=CCN(C)CCCCCCOC1CCC(N(C)S(=O)(=O)c2ccccc2F)CC1.CN. The molecule has 1 aromatic rings. The van der Waals surface area contributed by atoms with Gasteiger partial charge in [-0.2, -0.15) is 4.31 Å². The average molecular weight is 472 g/mol. The van der Waals surface area contributed by atoms with Crippen molar-refractivity contribution >= 4 is 10.0 Å². The predicted octanol–water partition coefficient (Wildman–Crippen LogP) is 4.03. The molecule has 0 bridgehead atoms. The van der Waals surface area contributed by atoms with Crippen molar-refractivity contribution in [1.82, 2.24) is 9.21 Å². The summed E-state index contributed by atoms with van der Waals surface area (Å²) in [7, 11) is 1.35. The Balaban J connectivity index is 0.00000249. The average Bonchev–Trinajstić information content (AvgIpc) is 2.80. The molecule has 6 nitrogen and oxygen atoms in total. The van der Waals surface area contributed by atoms with Crippen LogP contribution in [0.1, 0.15) is 51.4 Å². The first kappa shape index (κ1) is 28.7. The van der Waals surface area contributed by atoms with E-state index in [0.29, 0.717) is 0 Å². The standard InChI is InChI=1S/C23H37FN2O3S.CH5N/c1-4-17-25(2)18-9-5-6-10-19-29-21-15-13-20(14-16-21)26(3)30(27,28)23-12-8-7-11-22(23)24;1-2/h4,7-8,11-12,20-21H,1,5-6,9-10,13-19H2,2-3H3;2H2,1H3. The summed E-state index contributed by atoms with van der Waals surface area (Å²) in [6.07, 6.45) is 9.92. The van der Waals surface area contributed by atoms with E-state index in [4.69, 9.17) is 4.74 Å². The molecule has 0 unspecified atom stereocenters. The van der Waals surface area contributed by atoms with Crippen molar-refractivity contribution in [2.24, 2.45) is 5.73 Å². The van der Waals surface area contributed by atoms with Crippen molar-refractivity contribution in [2.75, 3.05) is 40.8 Å². The Morgan fingerprint density at radius 3 is 2.34 bits per heavy atom. The van der Waals surface area contributed by atoms with E-state index < -0.39 is 15.8 Å². The number of benzene rings is 1. The fourth-order valence-electron chi connectivity index (χ4n) is 3.98. The third kappa shape index (κ3) is 9.27. The summed E-state index contributed by atoms with van der Waals surface area (Å²) in [6, 6.07) is 5.45. The second-order valence-electron chi connectivity index (χ2n) is 8.22. The van der Waals surface area contributed by atoms with Gasteiger partial charge in [0.1, 0.15) is 10.7 Å². The van der Waals surface area contributed by atoms with E-state index in [9.17, 15) is 12.8 Å². The molecule has 32 heavy (non-hydrogen) atoms. The van der Waals surface area contributed by atoms with E-state index in [1.54, 1.807) is 13.1 Å². The van der Waals surface area contributed by atoms with Gasteiger partial charge in [0, 0.05) is 26.2 Å². The van der Waals surface area contributed by atoms with Crippen LogP contribution in [-0.2, 0) is 14.8 Å². The number of hydrogen-bond acceptors (Lipinski definition) is 5. The van der Waals surface area contributed by atoms with E-state index in [0.717, 1.165) is 51.8 Å². The van der Waals surface area contributed by atoms with Crippen LogP contribution in [-0.4, -0.2) is 70.6 Å². The molecule has 0 saturated heterocycles. The van der Waals surface area contributed by atoms with Crippen LogP contribution >= 0.6 is 0 Å². The molecule has 1 fully saturated rings. The third-order valence-electron chi connectivity index (χ3n) is 5.88. The van der Waals surface area contributed by atoms with Crippen LogP contribution in [0.4, 0.5) is 4.39 Å². The topological polar surface area (TPSA) is 75.9 Å². The van der Waals surface area contributed by atoms with Crippen LogP contribution in [0.3, 0.4) is 0 Å². The Morgan fingerprint density at radius 1 is 1.09 bits per heavy atom. The summed E-state index contributed by atoms with van der Waals surface area (Å²) >= 11 is 0. The number of sulfonamides is 1. The second kappa shape index (κ2) is 15.5. The lowest BCUT2D eigenvalue weighted by atomic mass is 9.93. The minimum absolute atomic E-state index is 0.109. The highest BCUT2D eigenvalue weighted by molar-refractivity contribution is 7.89. The summed E-state index contributed by atoms with van der Waals surface area (Å²) < 4.78 is 46.8. The molecule has 2 N–H and O–H groups in total. The molecule has 1 aliphatic rings. The van der Waals surface area contributed by atoms with Gasteiger partial charge in [-0.05, 0) is 71.3 Å². The summed E-state index contributed by atoms with van der Waals surface area (Å²) in [5, 5.41) is 0. The predicted molar refractivity (Wildman–Crippen MR) is 130 cm³/mol. The first-order valence-electron chi connectivity index (χ1n) is 11.6. The number of ether oxygens (including phenoxy) is 1. The maximum Gasteiger partial charge on any atom is 0.245 e. The molecule has 1 saturated carbocycles. The number of rotatable bonds is 13. The minimum Gasteiger partial charge on any atom is -0.378 e. The lowest BCUT2D eigenvalue weighted by Gasteiger charge is -2.34. The second-order valence-corrected chi connectivity index (χ2v) is 10.2. The quantitative estimate of drug-likeness (QED) is 0.347. The monoisotopic (exact) mass is 471 g/mol. The van der Waals surface area contributed by atoms with Gasteiger partial charge in [0.2, 0.25) is 10.0 Å². The molecule has 0 radical (unpaired) electrons. The van der Waals surface area contributed by atoms with Gasteiger partial charge in [0.15, 0.2) is 0 Å². The Bertz CT molecular complexity index is 753. The summed E-state index contributed by atoms with van der Waals surface area (Å²) in [5.74, 6) is -0.700. The summed E-state index contributed by atoms with van der Waals surface area (Å²) in [4.78, 5) is 2.02. The van der Waals surface area contributed by atoms with Gasteiger partial charge >= 0.3 is 0 Å². The van der Waals surface area contributed by atoms with E-state index >= 15 is 0 Å². The van der Waals surface area contributed by atoms with Gasteiger partial charge in [-0.1, -0.05) is 31.1 Å². The number of nitrogens with zero attached hydrogens (tertiary/aromatic N) is 2. The van der Waals surface area contributed by atoms with Crippen molar-refractivity contribution in [2.45, 2.75) is 68.4 Å². The molecule has 1 aromatic carbocycles. The summed E-state index contributed by atoms with van der Waals surface area (Å²) in [6.45, 7) is 6.55. The number of hydrogen-bond donors (Lipinski definition) is 1. The number of unbranched alkanes of at least 4 members (excludes halogenated alkanes) is 3. The van der Waals surface area contributed by atoms with Crippen LogP contribution in [0.2, 0.25) is 0 Å². The van der Waals surface area contributed by atoms with Gasteiger partial charge in [-0.25, -0.2) is 12.8 Å². The molecule has 0 atom stereocenters. The molecule has 0 aliphatic heterocycles. The van der Waals surface area contributed by atoms with Gasteiger partial charge in [0.25, 0.3) is 0 Å². The van der Waals surface area contributed by atoms with Crippen molar-refractivity contribution in [3.05, 3.63) is 42.7 Å². The van der Waals surface area contributed by atoms with Gasteiger partial charge in [-0.15, -0.1) is 6.58 Å². The Morgan fingerprint density at radius 2 is 1.72 bits per heavy atom. The minimum atomic E-state index is -3.82. The zero-order valence-corrected chi connectivity index (χ0v) is 20.8.